The largest absolute Gasteiger partial charge is 0.382 e. The summed E-state index contributed by atoms with van der Waals surface area (Å²) in [5, 5.41) is 3.69. The molecular weight excluding hydrogens is 390 g/mol. The van der Waals surface area contributed by atoms with Gasteiger partial charge >= 0.3 is 0 Å². The van der Waals surface area contributed by atoms with Crippen LogP contribution in [0.5, 0.6) is 0 Å². The molecule has 1 aromatic carbocycles. The fourth-order valence-corrected chi connectivity index (χ4v) is 4.27. The Labute approximate surface area is 162 Å². The molecule has 2 aromatic heterocycles. The maximum Gasteiger partial charge on any atom is 0.230 e. The molecular formula is C18H16F2N4OS2. The van der Waals surface area contributed by atoms with Gasteiger partial charge in [-0.05, 0) is 31.6 Å². The molecule has 0 radical (unpaired) electrons. The number of aromatic nitrogens is 2. The van der Waals surface area contributed by atoms with Crippen molar-refractivity contribution in [3.8, 4) is 10.6 Å². The van der Waals surface area contributed by atoms with Crippen molar-refractivity contribution in [2.24, 2.45) is 0 Å². The molecule has 0 bridgehead atoms. The maximum atomic E-state index is 13.7. The van der Waals surface area contributed by atoms with Crippen LogP contribution in [0.15, 0.2) is 24.8 Å². The number of aryl methyl sites for hydroxylation is 1. The molecule has 0 spiro atoms. The highest BCUT2D eigenvalue weighted by atomic mass is 32.1. The minimum Gasteiger partial charge on any atom is -0.382 e. The standard InChI is InChI=1S/C18H16F2N4OS2/c1-8(2)15-14(16-17(21)22-9(3)26-16)24-18(27-15)23-13(25)7-10-11(19)5-4-6-12(10)20/h4-6H,1,7,21H2,2-3H3,(H,23,24,25). The average molecular weight is 406 g/mol. The monoisotopic (exact) mass is 406 g/mol. The minimum atomic E-state index is -0.763. The molecule has 3 rings (SSSR count). The van der Waals surface area contributed by atoms with Crippen molar-refractivity contribution >= 4 is 45.1 Å². The highest BCUT2D eigenvalue weighted by Gasteiger charge is 2.21. The summed E-state index contributed by atoms with van der Waals surface area (Å²) in [6, 6.07) is 3.47. The lowest BCUT2D eigenvalue weighted by atomic mass is 10.1. The van der Waals surface area contributed by atoms with Crippen molar-refractivity contribution in [3.63, 3.8) is 0 Å². The van der Waals surface area contributed by atoms with E-state index in [-0.39, 0.29) is 5.56 Å². The molecule has 3 aromatic rings. The Hall–Kier alpha value is -2.65. The van der Waals surface area contributed by atoms with Crippen molar-refractivity contribution in [2.45, 2.75) is 20.3 Å². The highest BCUT2D eigenvalue weighted by molar-refractivity contribution is 7.19. The third kappa shape index (κ3) is 4.04. The summed E-state index contributed by atoms with van der Waals surface area (Å²) in [6.45, 7) is 7.59. The smallest absolute Gasteiger partial charge is 0.230 e. The van der Waals surface area contributed by atoms with Crippen molar-refractivity contribution < 1.29 is 13.6 Å². The summed E-state index contributed by atoms with van der Waals surface area (Å²) in [6.07, 6.45) is -0.433. The quantitative estimate of drug-likeness (QED) is 0.646. The summed E-state index contributed by atoms with van der Waals surface area (Å²) in [5.41, 5.74) is 7.01. The molecule has 0 atom stereocenters. The number of rotatable bonds is 5. The van der Waals surface area contributed by atoms with Crippen LogP contribution in [0.1, 0.15) is 22.4 Å². The van der Waals surface area contributed by atoms with Crippen molar-refractivity contribution in [1.82, 2.24) is 9.97 Å². The number of thiazole rings is 2. The first-order valence-corrected chi connectivity index (χ1v) is 9.52. The number of hydrogen-bond donors (Lipinski definition) is 2. The van der Waals surface area contributed by atoms with Gasteiger partial charge in [0.2, 0.25) is 5.91 Å². The van der Waals surface area contributed by atoms with E-state index in [1.54, 1.807) is 0 Å². The zero-order chi connectivity index (χ0) is 19.7. The normalized spacial score (nSPS) is 10.8. The summed E-state index contributed by atoms with van der Waals surface area (Å²) < 4.78 is 27.5. The molecule has 1 amide bonds. The van der Waals surface area contributed by atoms with Gasteiger partial charge < -0.3 is 11.1 Å². The first-order chi connectivity index (χ1) is 12.8. The lowest BCUT2D eigenvalue weighted by Gasteiger charge is -2.04. The number of nitrogens with one attached hydrogen (secondary N) is 1. The second-order valence-corrected chi connectivity index (χ2v) is 8.05. The van der Waals surface area contributed by atoms with E-state index in [1.165, 1.54) is 28.7 Å². The van der Waals surface area contributed by atoms with E-state index < -0.39 is 24.0 Å². The Morgan fingerprint density at radius 2 is 1.93 bits per heavy atom. The molecule has 0 aliphatic carbocycles. The van der Waals surface area contributed by atoms with Gasteiger partial charge in [0.15, 0.2) is 5.13 Å². The number of allylic oxidation sites excluding steroid dienone is 1. The molecule has 2 heterocycles. The molecule has 0 fully saturated rings. The van der Waals surface area contributed by atoms with Gasteiger partial charge in [0.05, 0.1) is 21.2 Å². The molecule has 5 nitrogen and oxygen atoms in total. The second-order valence-electron chi connectivity index (χ2n) is 5.85. The number of nitrogens with two attached hydrogens (primary N) is 1. The van der Waals surface area contributed by atoms with Crippen LogP contribution in [0.2, 0.25) is 0 Å². The predicted molar refractivity (Wildman–Crippen MR) is 106 cm³/mol. The van der Waals surface area contributed by atoms with Crippen LogP contribution in [-0.4, -0.2) is 15.9 Å². The molecule has 27 heavy (non-hydrogen) atoms. The van der Waals surface area contributed by atoms with Crippen molar-refractivity contribution in [3.05, 3.63) is 51.9 Å². The topological polar surface area (TPSA) is 80.9 Å². The Balaban J connectivity index is 1.87. The summed E-state index contributed by atoms with van der Waals surface area (Å²) in [5.74, 6) is -1.74. The van der Waals surface area contributed by atoms with E-state index in [0.29, 0.717) is 21.5 Å². The van der Waals surface area contributed by atoms with Gasteiger partial charge in [-0.15, -0.1) is 11.3 Å². The molecule has 0 aliphatic rings. The van der Waals surface area contributed by atoms with Gasteiger partial charge in [-0.3, -0.25) is 4.79 Å². The molecule has 140 valence electrons. The summed E-state index contributed by atoms with van der Waals surface area (Å²) in [7, 11) is 0. The molecule has 0 saturated heterocycles. The second kappa shape index (κ2) is 7.53. The third-order valence-corrected chi connectivity index (χ3v) is 5.76. The van der Waals surface area contributed by atoms with Gasteiger partial charge in [-0.2, -0.15) is 0 Å². The number of nitrogens with zero attached hydrogens (tertiary/aromatic N) is 2. The maximum absolute atomic E-state index is 13.7. The lowest BCUT2D eigenvalue weighted by molar-refractivity contribution is -0.115. The molecule has 0 unspecified atom stereocenters. The fourth-order valence-electron chi connectivity index (χ4n) is 2.45. The van der Waals surface area contributed by atoms with E-state index in [1.807, 2.05) is 13.8 Å². The van der Waals surface area contributed by atoms with Crippen LogP contribution < -0.4 is 11.1 Å². The number of nitrogen functional groups attached to an aromatic ring is 1. The number of carbonyl (C=O) groups is 1. The number of benzene rings is 1. The van der Waals surface area contributed by atoms with Gasteiger partial charge in [0.25, 0.3) is 0 Å². The molecule has 3 N–H and O–H groups in total. The Bertz CT molecular complexity index is 1020. The Morgan fingerprint density at radius 1 is 1.26 bits per heavy atom. The third-order valence-electron chi connectivity index (χ3n) is 3.64. The van der Waals surface area contributed by atoms with Crippen LogP contribution in [-0.2, 0) is 11.2 Å². The molecule has 0 saturated carbocycles. The summed E-state index contributed by atoms with van der Waals surface area (Å²) >= 11 is 2.61. The first kappa shape index (κ1) is 19.1. The van der Waals surface area contributed by atoms with Crippen LogP contribution in [0.25, 0.3) is 16.1 Å². The first-order valence-electron chi connectivity index (χ1n) is 7.89. The number of carbonyl (C=O) groups excluding carboxylic acids is 1. The van der Waals surface area contributed by atoms with Crippen LogP contribution >= 0.6 is 22.7 Å². The average Bonchev–Trinajstić information content (AvgIpc) is 3.13. The van der Waals surface area contributed by atoms with Crippen molar-refractivity contribution in [2.75, 3.05) is 11.1 Å². The Kier molecular flexibility index (Phi) is 5.33. The highest BCUT2D eigenvalue weighted by Crippen LogP contribution is 2.40. The Morgan fingerprint density at radius 3 is 2.48 bits per heavy atom. The van der Waals surface area contributed by atoms with Crippen molar-refractivity contribution in [1.29, 1.82) is 0 Å². The van der Waals surface area contributed by atoms with Crippen LogP contribution in [0.4, 0.5) is 19.7 Å². The predicted octanol–water partition coefficient (Wildman–Crippen LogP) is 4.65. The van der Waals surface area contributed by atoms with E-state index in [4.69, 9.17) is 5.73 Å². The zero-order valence-electron chi connectivity index (χ0n) is 14.6. The lowest BCUT2D eigenvalue weighted by Crippen LogP contribution is -2.16. The van der Waals surface area contributed by atoms with Crippen LogP contribution in [0.3, 0.4) is 0 Å². The zero-order valence-corrected chi connectivity index (χ0v) is 16.2. The van der Waals surface area contributed by atoms with E-state index in [9.17, 15) is 13.6 Å². The summed E-state index contributed by atoms with van der Waals surface area (Å²) in [4.78, 5) is 22.3. The molecule has 9 heteroatoms. The number of halogens is 2. The fraction of sp³-hybridized carbons (Fsp3) is 0.167. The van der Waals surface area contributed by atoms with Gasteiger partial charge in [-0.1, -0.05) is 24.0 Å². The van der Waals surface area contributed by atoms with Gasteiger partial charge in [-0.25, -0.2) is 18.7 Å². The van der Waals surface area contributed by atoms with Crippen LogP contribution in [0, 0.1) is 18.6 Å². The van der Waals surface area contributed by atoms with Gasteiger partial charge in [0.1, 0.15) is 23.1 Å². The van der Waals surface area contributed by atoms with E-state index >= 15 is 0 Å². The number of anilines is 2. The van der Waals surface area contributed by atoms with Gasteiger partial charge in [0, 0.05) is 5.56 Å². The van der Waals surface area contributed by atoms with E-state index in [2.05, 4.69) is 21.9 Å². The number of hydrogen-bond acceptors (Lipinski definition) is 6. The number of amides is 1. The minimum absolute atomic E-state index is 0.283. The molecule has 0 aliphatic heterocycles. The SMILES string of the molecule is C=C(C)c1sc(NC(=O)Cc2c(F)cccc2F)nc1-c1sc(C)nc1N. The van der Waals surface area contributed by atoms with E-state index in [0.717, 1.165) is 27.6 Å².